The summed E-state index contributed by atoms with van der Waals surface area (Å²) in [6.45, 7) is -0.527. The molecular formula is C15H9BrClNO5. The Morgan fingerprint density at radius 1 is 1.17 bits per heavy atom. The van der Waals surface area contributed by atoms with Gasteiger partial charge in [0.2, 0.25) is 5.78 Å². The number of benzene rings is 2. The van der Waals surface area contributed by atoms with Gasteiger partial charge < -0.3 is 4.74 Å². The number of carbonyl (C=O) groups is 2. The summed E-state index contributed by atoms with van der Waals surface area (Å²) in [4.78, 5) is 34.2. The second-order valence-electron chi connectivity index (χ2n) is 4.40. The second kappa shape index (κ2) is 7.34. The average Bonchev–Trinajstić information content (AvgIpc) is 2.52. The normalized spacial score (nSPS) is 10.2. The minimum Gasteiger partial charge on any atom is -0.454 e. The predicted molar refractivity (Wildman–Crippen MR) is 86.9 cm³/mol. The predicted octanol–water partition coefficient (Wildman–Crippen LogP) is 4.05. The molecule has 23 heavy (non-hydrogen) atoms. The highest BCUT2D eigenvalue weighted by Gasteiger charge is 2.23. The van der Waals surface area contributed by atoms with Crippen LogP contribution in [-0.2, 0) is 4.74 Å². The van der Waals surface area contributed by atoms with Crippen LogP contribution in [0, 0.1) is 10.1 Å². The maximum atomic E-state index is 12.0. The van der Waals surface area contributed by atoms with E-state index in [9.17, 15) is 19.7 Å². The van der Waals surface area contributed by atoms with E-state index in [1.807, 2.05) is 0 Å². The number of nitro groups is 1. The molecule has 8 heteroatoms. The van der Waals surface area contributed by atoms with Gasteiger partial charge in [0.1, 0.15) is 5.56 Å². The van der Waals surface area contributed by atoms with Gasteiger partial charge in [-0.15, -0.1) is 0 Å². The number of Topliss-reactive ketones (excluding diaryl/α,β-unsaturated/α-hetero) is 1. The van der Waals surface area contributed by atoms with E-state index in [0.717, 1.165) is 6.07 Å². The Morgan fingerprint density at radius 2 is 1.87 bits per heavy atom. The smallest absolute Gasteiger partial charge is 0.345 e. The molecule has 0 unspecified atom stereocenters. The van der Waals surface area contributed by atoms with Crippen LogP contribution in [0.2, 0.25) is 5.02 Å². The number of nitro benzene ring substituents is 1. The third-order valence-corrected chi connectivity index (χ3v) is 3.81. The van der Waals surface area contributed by atoms with Gasteiger partial charge in [-0.1, -0.05) is 45.7 Å². The summed E-state index contributed by atoms with van der Waals surface area (Å²) in [5, 5.41) is 11.1. The molecule has 0 aliphatic carbocycles. The van der Waals surface area contributed by atoms with Crippen molar-refractivity contribution in [1.29, 1.82) is 0 Å². The fourth-order valence-electron chi connectivity index (χ4n) is 1.80. The minimum atomic E-state index is -0.964. The van der Waals surface area contributed by atoms with Crippen molar-refractivity contribution in [3.63, 3.8) is 0 Å². The zero-order valence-electron chi connectivity index (χ0n) is 11.5. The Hall–Kier alpha value is -2.25. The zero-order valence-corrected chi connectivity index (χ0v) is 13.8. The summed E-state index contributed by atoms with van der Waals surface area (Å²) < 4.78 is 5.44. The van der Waals surface area contributed by atoms with Crippen LogP contribution in [0.25, 0.3) is 0 Å². The van der Waals surface area contributed by atoms with Crippen LogP contribution < -0.4 is 0 Å². The van der Waals surface area contributed by atoms with E-state index >= 15 is 0 Å². The first-order valence-corrected chi connectivity index (χ1v) is 7.46. The van der Waals surface area contributed by atoms with E-state index in [1.165, 1.54) is 12.1 Å². The summed E-state index contributed by atoms with van der Waals surface area (Å²) >= 11 is 8.90. The molecule has 0 fully saturated rings. The van der Waals surface area contributed by atoms with E-state index in [4.69, 9.17) is 16.3 Å². The molecule has 0 amide bonds. The molecule has 6 nitrogen and oxygen atoms in total. The van der Waals surface area contributed by atoms with Gasteiger partial charge in [-0.05, 0) is 18.2 Å². The number of carbonyl (C=O) groups excluding carboxylic acids is 2. The molecule has 0 saturated carbocycles. The standard InChI is InChI=1S/C15H9BrClNO5/c16-12-4-2-1-3-10(12)14(19)8-23-15(20)11-6-5-9(17)7-13(11)18(21)22/h1-7H,8H2. The van der Waals surface area contributed by atoms with Crippen LogP contribution in [0.4, 0.5) is 5.69 Å². The lowest BCUT2D eigenvalue weighted by Gasteiger charge is -2.06. The SMILES string of the molecule is O=C(COC(=O)c1ccc(Cl)cc1[N+](=O)[O-])c1ccccc1Br. The van der Waals surface area contributed by atoms with Crippen molar-refractivity contribution in [2.24, 2.45) is 0 Å². The first-order chi connectivity index (χ1) is 10.9. The number of hydrogen-bond acceptors (Lipinski definition) is 5. The van der Waals surface area contributed by atoms with E-state index < -0.39 is 29.0 Å². The molecule has 0 saturated heterocycles. The van der Waals surface area contributed by atoms with Crippen LogP contribution in [0.5, 0.6) is 0 Å². The molecule has 0 aliphatic heterocycles. The van der Waals surface area contributed by atoms with Gasteiger partial charge in [0.15, 0.2) is 6.61 Å². The number of ether oxygens (including phenoxy) is 1. The van der Waals surface area contributed by atoms with E-state index in [-0.39, 0.29) is 10.6 Å². The Labute approximate surface area is 144 Å². The largest absolute Gasteiger partial charge is 0.454 e. The Kier molecular flexibility index (Phi) is 5.46. The highest BCUT2D eigenvalue weighted by molar-refractivity contribution is 9.10. The maximum absolute atomic E-state index is 12.0. The average molecular weight is 399 g/mol. The second-order valence-corrected chi connectivity index (χ2v) is 5.69. The molecule has 0 aromatic heterocycles. The number of rotatable bonds is 5. The first kappa shape index (κ1) is 17.1. The maximum Gasteiger partial charge on any atom is 0.345 e. The van der Waals surface area contributed by atoms with Crippen molar-refractivity contribution in [1.82, 2.24) is 0 Å². The zero-order chi connectivity index (χ0) is 17.0. The van der Waals surface area contributed by atoms with Crippen molar-refractivity contribution in [2.45, 2.75) is 0 Å². The van der Waals surface area contributed by atoms with Crippen LogP contribution in [-0.4, -0.2) is 23.3 Å². The van der Waals surface area contributed by atoms with Crippen LogP contribution in [0.3, 0.4) is 0 Å². The van der Waals surface area contributed by atoms with Crippen molar-refractivity contribution < 1.29 is 19.2 Å². The molecule has 2 aromatic carbocycles. The number of esters is 1. The van der Waals surface area contributed by atoms with Crippen molar-refractivity contribution in [3.8, 4) is 0 Å². The Balaban J connectivity index is 2.13. The third-order valence-electron chi connectivity index (χ3n) is 2.89. The monoisotopic (exact) mass is 397 g/mol. The minimum absolute atomic E-state index is 0.123. The number of halogens is 2. The van der Waals surface area contributed by atoms with Gasteiger partial charge in [0.05, 0.1) is 4.92 Å². The van der Waals surface area contributed by atoms with E-state index in [0.29, 0.717) is 10.0 Å². The van der Waals surface area contributed by atoms with Gasteiger partial charge in [0.25, 0.3) is 5.69 Å². The molecule has 0 heterocycles. The van der Waals surface area contributed by atoms with Crippen molar-refractivity contribution >= 4 is 45.0 Å². The highest BCUT2D eigenvalue weighted by Crippen LogP contribution is 2.24. The molecule has 0 N–H and O–H groups in total. The van der Waals surface area contributed by atoms with Crippen LogP contribution in [0.1, 0.15) is 20.7 Å². The number of ketones is 1. The molecule has 0 bridgehead atoms. The van der Waals surface area contributed by atoms with Gasteiger partial charge in [0, 0.05) is 21.1 Å². The topological polar surface area (TPSA) is 86.5 Å². The lowest BCUT2D eigenvalue weighted by Crippen LogP contribution is -2.15. The molecular weight excluding hydrogens is 390 g/mol. The molecule has 0 spiro atoms. The summed E-state index contributed by atoms with van der Waals surface area (Å²) in [5.74, 6) is -1.39. The molecule has 0 radical (unpaired) electrons. The van der Waals surface area contributed by atoms with Gasteiger partial charge in [-0.2, -0.15) is 0 Å². The van der Waals surface area contributed by atoms with Crippen molar-refractivity contribution in [2.75, 3.05) is 6.61 Å². The summed E-state index contributed by atoms with van der Waals surface area (Å²) in [6.07, 6.45) is 0. The molecule has 2 rings (SSSR count). The summed E-state index contributed by atoms with van der Waals surface area (Å²) in [6, 6.07) is 10.2. The van der Waals surface area contributed by atoms with E-state index in [1.54, 1.807) is 24.3 Å². The molecule has 2 aromatic rings. The quantitative estimate of drug-likeness (QED) is 0.328. The Morgan fingerprint density at radius 3 is 2.52 bits per heavy atom. The van der Waals surface area contributed by atoms with Crippen molar-refractivity contribution in [3.05, 3.63) is 73.2 Å². The molecule has 0 aliphatic rings. The van der Waals surface area contributed by atoms with E-state index in [2.05, 4.69) is 15.9 Å². The number of hydrogen-bond donors (Lipinski definition) is 0. The first-order valence-electron chi connectivity index (χ1n) is 6.29. The summed E-state index contributed by atoms with van der Waals surface area (Å²) in [5.41, 5.74) is -0.388. The van der Waals surface area contributed by atoms with Gasteiger partial charge in [-0.3, -0.25) is 14.9 Å². The summed E-state index contributed by atoms with van der Waals surface area (Å²) in [7, 11) is 0. The molecule has 118 valence electrons. The van der Waals surface area contributed by atoms with Crippen LogP contribution in [0.15, 0.2) is 46.9 Å². The third kappa shape index (κ3) is 4.14. The van der Waals surface area contributed by atoms with Gasteiger partial charge >= 0.3 is 5.97 Å². The molecule has 0 atom stereocenters. The lowest BCUT2D eigenvalue weighted by atomic mass is 10.1. The number of nitrogens with zero attached hydrogens (tertiary/aromatic N) is 1. The fourth-order valence-corrected chi connectivity index (χ4v) is 2.47. The fraction of sp³-hybridized carbons (Fsp3) is 0.0667. The lowest BCUT2D eigenvalue weighted by molar-refractivity contribution is -0.385. The Bertz CT molecular complexity index is 793. The highest BCUT2D eigenvalue weighted by atomic mass is 79.9. The van der Waals surface area contributed by atoms with Crippen LogP contribution >= 0.6 is 27.5 Å². The van der Waals surface area contributed by atoms with Gasteiger partial charge in [-0.25, -0.2) is 4.79 Å².